The van der Waals surface area contributed by atoms with E-state index in [4.69, 9.17) is 9.47 Å². The molecule has 0 saturated heterocycles. The van der Waals surface area contributed by atoms with Crippen molar-refractivity contribution >= 4 is 78.5 Å². The highest BCUT2D eigenvalue weighted by Gasteiger charge is 2.38. The zero-order valence-electron chi connectivity index (χ0n) is 27.5. The molecule has 10 rings (SSSR count). The molecule has 4 heteroatoms. The summed E-state index contributed by atoms with van der Waals surface area (Å²) in [5.74, 6) is 3.78. The number of para-hydroxylation sites is 2. The molecule has 2 aliphatic heterocycles. The van der Waals surface area contributed by atoms with Crippen LogP contribution in [0.2, 0.25) is 0 Å². The fourth-order valence-electron chi connectivity index (χ4n) is 8.97. The molecule has 0 aliphatic carbocycles. The first kappa shape index (κ1) is 27.6. The van der Waals surface area contributed by atoms with Gasteiger partial charge in [-0.15, -0.1) is 0 Å². The van der Waals surface area contributed by atoms with Gasteiger partial charge >= 0.3 is 0 Å². The molecule has 0 spiro atoms. The minimum absolute atomic E-state index is 0.0822. The third-order valence-electron chi connectivity index (χ3n) is 11.0. The monoisotopic (exact) mass is 614 g/mol. The molecule has 2 heterocycles. The highest BCUT2D eigenvalue weighted by Crippen LogP contribution is 2.44. The third kappa shape index (κ3) is 3.72. The molecule has 0 amide bonds. The molecule has 0 radical (unpaired) electrons. The van der Waals surface area contributed by atoms with Crippen LogP contribution < -0.4 is 42.3 Å². The lowest BCUT2D eigenvalue weighted by Gasteiger charge is -2.31. The Kier molecular flexibility index (Phi) is 5.76. The number of fused-ring (bicyclic) bond motifs is 6. The molecule has 226 valence electrons. The van der Waals surface area contributed by atoms with Crippen LogP contribution in [0.4, 0.5) is 0 Å². The number of hydrogen-bond donors (Lipinski definition) is 0. The molecule has 0 fully saturated rings. The molecular formula is C44H32B2O2. The summed E-state index contributed by atoms with van der Waals surface area (Å²) in [4.78, 5) is 0. The second-order valence-electron chi connectivity index (χ2n) is 13.8. The van der Waals surface area contributed by atoms with Crippen molar-refractivity contribution in [3.05, 3.63) is 144 Å². The fraction of sp³-hybridized carbons (Fsp3) is 0.0909. The maximum atomic E-state index is 6.90. The van der Waals surface area contributed by atoms with E-state index in [-0.39, 0.29) is 13.4 Å². The SMILES string of the molecule is Cc1cccc(C)c1B1c2ccccc2Oc2c1cc1ccc3c4c(cc5ccc2c1c53)B(c1c(C)cccc1C)c1ccccc1O4. The van der Waals surface area contributed by atoms with Gasteiger partial charge in [0.15, 0.2) is 0 Å². The summed E-state index contributed by atoms with van der Waals surface area (Å²) in [7, 11) is 0. The van der Waals surface area contributed by atoms with Crippen molar-refractivity contribution in [3.63, 3.8) is 0 Å². The number of rotatable bonds is 2. The molecule has 0 unspecified atom stereocenters. The second-order valence-corrected chi connectivity index (χ2v) is 13.8. The van der Waals surface area contributed by atoms with Crippen molar-refractivity contribution in [2.45, 2.75) is 27.7 Å². The van der Waals surface area contributed by atoms with Crippen molar-refractivity contribution in [2.75, 3.05) is 0 Å². The zero-order chi connectivity index (χ0) is 32.3. The summed E-state index contributed by atoms with van der Waals surface area (Å²) in [5.41, 5.74) is 12.8. The predicted molar refractivity (Wildman–Crippen MR) is 204 cm³/mol. The van der Waals surface area contributed by atoms with Crippen LogP contribution in [0.15, 0.2) is 121 Å². The van der Waals surface area contributed by atoms with Crippen LogP contribution in [-0.2, 0) is 0 Å². The van der Waals surface area contributed by atoms with E-state index in [0.717, 1.165) is 33.8 Å². The summed E-state index contributed by atoms with van der Waals surface area (Å²) < 4.78 is 13.8. The van der Waals surface area contributed by atoms with Crippen molar-refractivity contribution in [1.82, 2.24) is 0 Å². The van der Waals surface area contributed by atoms with Crippen LogP contribution in [0.1, 0.15) is 22.3 Å². The fourth-order valence-corrected chi connectivity index (χ4v) is 8.97. The standard InChI is InChI=1S/C44H32B2O2/c1-25-11-9-12-26(2)41(25)45-33-15-5-7-17-37(33)47-43-31-21-20-30-24-36-44(32-22-19-29(23-35(43)45)39(31)40(30)32)48-38-18-8-6-16-34(38)46(36)42-27(3)13-10-14-28(42)4/h5-24H,1-4H3. The van der Waals surface area contributed by atoms with Gasteiger partial charge in [-0.25, -0.2) is 0 Å². The quantitative estimate of drug-likeness (QED) is 0.153. The molecule has 8 aromatic rings. The molecule has 8 aromatic carbocycles. The largest absolute Gasteiger partial charge is 0.458 e. The Balaban J connectivity index is 1.27. The molecular weight excluding hydrogens is 582 g/mol. The van der Waals surface area contributed by atoms with Crippen LogP contribution >= 0.6 is 0 Å². The van der Waals surface area contributed by atoms with E-state index in [1.165, 1.54) is 76.6 Å². The molecule has 0 bridgehead atoms. The Morgan fingerprint density at radius 3 is 1.21 bits per heavy atom. The summed E-state index contributed by atoms with van der Waals surface area (Å²) in [6.45, 7) is 9.10. The van der Waals surface area contributed by atoms with Gasteiger partial charge in [0.05, 0.1) is 0 Å². The highest BCUT2D eigenvalue weighted by atomic mass is 16.5. The van der Waals surface area contributed by atoms with Gasteiger partial charge in [-0.2, -0.15) is 0 Å². The van der Waals surface area contributed by atoms with Gasteiger partial charge in [-0.1, -0.05) is 130 Å². The Bertz CT molecular complexity index is 2410. The van der Waals surface area contributed by atoms with Crippen molar-refractivity contribution in [1.29, 1.82) is 0 Å². The van der Waals surface area contributed by atoms with Crippen LogP contribution in [0.25, 0.3) is 32.3 Å². The lowest BCUT2D eigenvalue weighted by atomic mass is 9.34. The topological polar surface area (TPSA) is 18.5 Å². The smallest absolute Gasteiger partial charge is 0.251 e. The van der Waals surface area contributed by atoms with Crippen molar-refractivity contribution in [3.8, 4) is 23.0 Å². The van der Waals surface area contributed by atoms with Crippen LogP contribution in [0.5, 0.6) is 23.0 Å². The molecule has 2 aliphatic rings. The van der Waals surface area contributed by atoms with Gasteiger partial charge in [0.25, 0.3) is 13.4 Å². The number of benzene rings is 8. The molecule has 2 nitrogen and oxygen atoms in total. The number of aryl methyl sites for hydroxylation is 4. The Labute approximate surface area is 281 Å². The predicted octanol–water partition coefficient (Wildman–Crippen LogP) is 7.06. The summed E-state index contributed by atoms with van der Waals surface area (Å²) >= 11 is 0. The van der Waals surface area contributed by atoms with Gasteiger partial charge in [0.1, 0.15) is 23.0 Å². The third-order valence-corrected chi connectivity index (χ3v) is 11.0. The van der Waals surface area contributed by atoms with Gasteiger partial charge < -0.3 is 9.47 Å². The van der Waals surface area contributed by atoms with Crippen molar-refractivity contribution in [2.24, 2.45) is 0 Å². The minimum Gasteiger partial charge on any atom is -0.458 e. The summed E-state index contributed by atoms with van der Waals surface area (Å²) in [5, 5.41) is 7.21. The average molecular weight is 614 g/mol. The molecule has 48 heavy (non-hydrogen) atoms. The van der Waals surface area contributed by atoms with Crippen LogP contribution in [0, 0.1) is 27.7 Å². The van der Waals surface area contributed by atoms with Gasteiger partial charge in [-0.05, 0) is 84.6 Å². The van der Waals surface area contributed by atoms with Crippen LogP contribution in [-0.4, -0.2) is 13.4 Å². The van der Waals surface area contributed by atoms with Gasteiger partial charge in [0.2, 0.25) is 0 Å². The first-order valence-electron chi connectivity index (χ1n) is 16.9. The van der Waals surface area contributed by atoms with E-state index in [0.29, 0.717) is 0 Å². The van der Waals surface area contributed by atoms with E-state index >= 15 is 0 Å². The van der Waals surface area contributed by atoms with Crippen LogP contribution in [0.3, 0.4) is 0 Å². The summed E-state index contributed by atoms with van der Waals surface area (Å²) in [6, 6.07) is 44.3. The first-order chi connectivity index (χ1) is 23.5. The van der Waals surface area contributed by atoms with Gasteiger partial charge in [-0.3, -0.25) is 0 Å². The number of hydrogen-bond acceptors (Lipinski definition) is 2. The van der Waals surface area contributed by atoms with Gasteiger partial charge in [0, 0.05) is 21.5 Å². The first-order valence-corrected chi connectivity index (χ1v) is 16.9. The van der Waals surface area contributed by atoms with E-state index in [2.05, 4.69) is 149 Å². The zero-order valence-corrected chi connectivity index (χ0v) is 27.5. The Morgan fingerprint density at radius 1 is 0.396 bits per heavy atom. The maximum absolute atomic E-state index is 6.90. The lowest BCUT2D eigenvalue weighted by molar-refractivity contribution is 0.492. The van der Waals surface area contributed by atoms with E-state index < -0.39 is 0 Å². The van der Waals surface area contributed by atoms with E-state index in [1.54, 1.807) is 0 Å². The minimum atomic E-state index is 0.0822. The Morgan fingerprint density at radius 2 is 0.792 bits per heavy atom. The highest BCUT2D eigenvalue weighted by molar-refractivity contribution is 6.98. The second kappa shape index (κ2) is 10.0. The van der Waals surface area contributed by atoms with Crippen molar-refractivity contribution < 1.29 is 9.47 Å². The normalized spacial score (nSPS) is 13.2. The van der Waals surface area contributed by atoms with E-state index in [9.17, 15) is 0 Å². The Hall–Kier alpha value is -5.47. The average Bonchev–Trinajstić information content (AvgIpc) is 3.09. The molecule has 0 aromatic heterocycles. The molecule has 0 saturated carbocycles. The molecule has 0 N–H and O–H groups in total. The summed E-state index contributed by atoms with van der Waals surface area (Å²) in [6.07, 6.45) is 0. The number of ether oxygens (including phenoxy) is 2. The van der Waals surface area contributed by atoms with E-state index in [1.807, 2.05) is 0 Å². The lowest BCUT2D eigenvalue weighted by Crippen LogP contribution is -2.56. The maximum Gasteiger partial charge on any atom is 0.251 e. The molecule has 0 atom stereocenters.